The topological polar surface area (TPSA) is 62.1 Å². The molecule has 1 amide bonds. The van der Waals surface area contributed by atoms with Crippen LogP contribution in [-0.2, 0) is 4.79 Å². The molecular formula is C17H20ClF3N2O3. The largest absolute Gasteiger partial charge is 0.484 e. The van der Waals surface area contributed by atoms with Crippen LogP contribution in [0.1, 0.15) is 38.2 Å². The number of halogens is 4. The van der Waals surface area contributed by atoms with Crippen LogP contribution >= 0.6 is 11.6 Å². The Morgan fingerprint density at radius 1 is 1.46 bits per heavy atom. The summed E-state index contributed by atoms with van der Waals surface area (Å²) in [5, 5.41) is 14.4. The van der Waals surface area contributed by atoms with Gasteiger partial charge in [-0.15, -0.1) is 0 Å². The summed E-state index contributed by atoms with van der Waals surface area (Å²) in [5.74, 6) is -0.797. The Labute approximate surface area is 154 Å². The van der Waals surface area contributed by atoms with Crippen molar-refractivity contribution in [3.63, 3.8) is 0 Å². The van der Waals surface area contributed by atoms with Crippen LogP contribution in [0.4, 0.5) is 13.2 Å². The first kappa shape index (κ1) is 20.5. The first-order chi connectivity index (χ1) is 12.1. The van der Waals surface area contributed by atoms with Gasteiger partial charge in [0.1, 0.15) is 5.75 Å². The molecule has 0 aromatic heterocycles. The highest BCUT2D eigenvalue weighted by Crippen LogP contribution is 2.41. The third kappa shape index (κ3) is 4.29. The summed E-state index contributed by atoms with van der Waals surface area (Å²) in [6.45, 7) is 2.92. The van der Waals surface area contributed by atoms with Gasteiger partial charge in [0.2, 0.25) is 0 Å². The lowest BCUT2D eigenvalue weighted by atomic mass is 10.0. The highest BCUT2D eigenvalue weighted by Gasteiger charge is 2.63. The minimum atomic E-state index is -5.03. The molecule has 1 aromatic carbocycles. The van der Waals surface area contributed by atoms with Crippen LogP contribution in [0.25, 0.3) is 0 Å². The van der Waals surface area contributed by atoms with Crippen LogP contribution in [0.3, 0.4) is 0 Å². The molecule has 1 atom stereocenters. The molecule has 0 saturated carbocycles. The zero-order valence-corrected chi connectivity index (χ0v) is 15.2. The van der Waals surface area contributed by atoms with Crippen molar-refractivity contribution in [3.8, 4) is 5.75 Å². The molecule has 0 aliphatic carbocycles. The summed E-state index contributed by atoms with van der Waals surface area (Å²) in [6.07, 6.45) is -4.11. The number of nitrogens with zero attached hydrogens (tertiary/aromatic N) is 2. The van der Waals surface area contributed by atoms with Crippen molar-refractivity contribution in [3.05, 3.63) is 28.8 Å². The van der Waals surface area contributed by atoms with Crippen molar-refractivity contribution in [2.24, 2.45) is 5.10 Å². The number of unbranched alkanes of at least 4 members (excludes halogenated alkanes) is 1. The Morgan fingerprint density at radius 3 is 2.73 bits per heavy atom. The van der Waals surface area contributed by atoms with Gasteiger partial charge in [-0.3, -0.25) is 4.79 Å². The van der Waals surface area contributed by atoms with Crippen LogP contribution in [0.5, 0.6) is 5.75 Å². The van der Waals surface area contributed by atoms with E-state index in [9.17, 15) is 23.1 Å². The van der Waals surface area contributed by atoms with Crippen LogP contribution in [0, 0.1) is 6.92 Å². The van der Waals surface area contributed by atoms with Gasteiger partial charge in [-0.05, 0) is 43.5 Å². The molecule has 1 heterocycles. The fraction of sp³-hybridized carbons (Fsp3) is 0.529. The van der Waals surface area contributed by atoms with E-state index < -0.39 is 30.8 Å². The second-order valence-corrected chi connectivity index (χ2v) is 6.57. The Hall–Kier alpha value is -1.80. The van der Waals surface area contributed by atoms with E-state index in [1.54, 1.807) is 19.1 Å². The SMILES string of the molecule is CCCCC1=NN(C(=O)COc2ccc(Cl)c(C)c2)C(O)(C(F)(F)F)C1. The number of hydrogen-bond donors (Lipinski definition) is 1. The fourth-order valence-electron chi connectivity index (χ4n) is 2.53. The number of hydrogen-bond acceptors (Lipinski definition) is 4. The van der Waals surface area contributed by atoms with Gasteiger partial charge in [0.25, 0.3) is 11.6 Å². The molecule has 26 heavy (non-hydrogen) atoms. The second-order valence-electron chi connectivity index (χ2n) is 6.17. The number of alkyl halides is 3. The summed E-state index contributed by atoms with van der Waals surface area (Å²) in [6, 6.07) is 4.61. The first-order valence-electron chi connectivity index (χ1n) is 8.16. The maximum atomic E-state index is 13.3. The molecule has 0 spiro atoms. The van der Waals surface area contributed by atoms with Crippen LogP contribution < -0.4 is 4.74 Å². The molecule has 1 unspecified atom stereocenters. The predicted octanol–water partition coefficient (Wildman–Crippen LogP) is 4.06. The Balaban J connectivity index is 2.14. The van der Waals surface area contributed by atoms with Gasteiger partial charge in [-0.1, -0.05) is 24.9 Å². The van der Waals surface area contributed by atoms with E-state index in [-0.39, 0.29) is 22.9 Å². The van der Waals surface area contributed by atoms with Gasteiger partial charge in [-0.25, -0.2) is 0 Å². The van der Waals surface area contributed by atoms with E-state index in [1.807, 2.05) is 6.92 Å². The standard InChI is InChI=1S/C17H20ClF3N2O3/c1-3-4-5-12-9-16(25,17(19,20)21)23(22-12)15(24)10-26-13-6-7-14(18)11(2)8-13/h6-8,25H,3-5,9-10H2,1-2H3. The molecular weight excluding hydrogens is 373 g/mol. The van der Waals surface area contributed by atoms with E-state index in [2.05, 4.69) is 5.10 Å². The van der Waals surface area contributed by atoms with E-state index in [0.29, 0.717) is 17.0 Å². The lowest BCUT2D eigenvalue weighted by Crippen LogP contribution is -2.57. The summed E-state index contributed by atoms with van der Waals surface area (Å²) >= 11 is 5.89. The van der Waals surface area contributed by atoms with Gasteiger partial charge in [-0.2, -0.15) is 23.3 Å². The Morgan fingerprint density at radius 2 is 2.15 bits per heavy atom. The number of amides is 1. The van der Waals surface area contributed by atoms with E-state index in [1.165, 1.54) is 6.07 Å². The lowest BCUT2D eigenvalue weighted by Gasteiger charge is -2.32. The zero-order chi connectivity index (χ0) is 19.5. The third-order valence-corrected chi connectivity index (χ3v) is 4.47. The summed E-state index contributed by atoms with van der Waals surface area (Å²) in [5.41, 5.74) is -2.50. The molecule has 1 N–H and O–H groups in total. The number of benzene rings is 1. The van der Waals surface area contributed by atoms with E-state index in [4.69, 9.17) is 16.3 Å². The maximum Gasteiger partial charge on any atom is 0.438 e. The van der Waals surface area contributed by atoms with Crippen LogP contribution in [0.2, 0.25) is 5.02 Å². The maximum absolute atomic E-state index is 13.3. The highest BCUT2D eigenvalue weighted by molar-refractivity contribution is 6.31. The molecule has 0 fully saturated rings. The number of hydrazone groups is 1. The normalized spacial score (nSPS) is 20.3. The van der Waals surface area contributed by atoms with Crippen LogP contribution in [-0.4, -0.2) is 40.2 Å². The molecule has 1 aliphatic rings. The average molecular weight is 393 g/mol. The van der Waals surface area contributed by atoms with Crippen molar-refractivity contribution in [2.45, 2.75) is 51.4 Å². The summed E-state index contributed by atoms with van der Waals surface area (Å²) in [4.78, 5) is 12.3. The Kier molecular flexibility index (Phi) is 6.18. The average Bonchev–Trinajstić information content (AvgIpc) is 2.92. The number of carbonyl (C=O) groups is 1. The molecule has 0 saturated heterocycles. The number of aryl methyl sites for hydroxylation is 1. The molecule has 5 nitrogen and oxygen atoms in total. The van der Waals surface area contributed by atoms with Gasteiger partial charge < -0.3 is 9.84 Å². The Bertz CT molecular complexity index is 709. The lowest BCUT2D eigenvalue weighted by molar-refractivity contribution is -0.302. The molecule has 1 aliphatic heterocycles. The quantitative estimate of drug-likeness (QED) is 0.794. The predicted molar refractivity (Wildman–Crippen MR) is 91.1 cm³/mol. The number of rotatable bonds is 6. The van der Waals surface area contributed by atoms with Gasteiger partial charge in [0, 0.05) is 17.2 Å². The summed E-state index contributed by atoms with van der Waals surface area (Å²) < 4.78 is 45.3. The third-order valence-electron chi connectivity index (χ3n) is 4.04. The van der Waals surface area contributed by atoms with Gasteiger partial charge in [0.15, 0.2) is 6.61 Å². The molecule has 144 valence electrons. The number of carbonyl (C=O) groups excluding carboxylic acids is 1. The first-order valence-corrected chi connectivity index (χ1v) is 8.53. The van der Waals surface area contributed by atoms with Crippen LogP contribution in [0.15, 0.2) is 23.3 Å². The molecule has 2 rings (SSSR count). The van der Waals surface area contributed by atoms with Crippen molar-refractivity contribution < 1.29 is 27.8 Å². The van der Waals surface area contributed by atoms with Crippen molar-refractivity contribution >= 4 is 23.2 Å². The molecule has 0 radical (unpaired) electrons. The summed E-state index contributed by atoms with van der Waals surface area (Å²) in [7, 11) is 0. The van der Waals surface area contributed by atoms with Gasteiger partial charge >= 0.3 is 6.18 Å². The van der Waals surface area contributed by atoms with E-state index >= 15 is 0 Å². The van der Waals surface area contributed by atoms with E-state index in [0.717, 1.165) is 6.42 Å². The monoisotopic (exact) mass is 392 g/mol. The highest BCUT2D eigenvalue weighted by atomic mass is 35.5. The van der Waals surface area contributed by atoms with Crippen molar-refractivity contribution in [1.29, 1.82) is 0 Å². The van der Waals surface area contributed by atoms with Crippen molar-refractivity contribution in [1.82, 2.24) is 5.01 Å². The van der Waals surface area contributed by atoms with Gasteiger partial charge in [0.05, 0.1) is 0 Å². The minimum absolute atomic E-state index is 0.0980. The molecule has 9 heteroatoms. The fourth-order valence-corrected chi connectivity index (χ4v) is 2.65. The number of ether oxygens (including phenoxy) is 1. The second kappa shape index (κ2) is 7.84. The smallest absolute Gasteiger partial charge is 0.438 e. The minimum Gasteiger partial charge on any atom is -0.484 e. The molecule has 0 bridgehead atoms. The molecule has 1 aromatic rings. The zero-order valence-electron chi connectivity index (χ0n) is 14.4. The number of aliphatic hydroxyl groups is 1. The van der Waals surface area contributed by atoms with Crippen molar-refractivity contribution in [2.75, 3.05) is 6.61 Å².